The van der Waals surface area contributed by atoms with Crippen LogP contribution in [0.25, 0.3) is 0 Å². The second-order valence-electron chi connectivity index (χ2n) is 7.42. The van der Waals surface area contributed by atoms with Gasteiger partial charge in [-0.25, -0.2) is 0 Å². The SMILES string of the molecule is CN=C(NCC1(SC)CCOCC1)N1CC2C3CCC(O3)C2C1.I. The summed E-state index contributed by atoms with van der Waals surface area (Å²) in [5.74, 6) is 2.54. The quantitative estimate of drug-likeness (QED) is 0.392. The Morgan fingerprint density at radius 1 is 1.21 bits per heavy atom. The van der Waals surface area contributed by atoms with Crippen molar-refractivity contribution in [2.45, 2.75) is 42.6 Å². The molecule has 4 rings (SSSR count). The van der Waals surface area contributed by atoms with Gasteiger partial charge in [-0.2, -0.15) is 11.8 Å². The monoisotopic (exact) mass is 467 g/mol. The molecule has 2 bridgehead atoms. The summed E-state index contributed by atoms with van der Waals surface area (Å²) in [7, 11) is 1.91. The number of rotatable bonds is 3. The molecule has 4 fully saturated rings. The van der Waals surface area contributed by atoms with E-state index < -0.39 is 0 Å². The van der Waals surface area contributed by atoms with Gasteiger partial charge < -0.3 is 19.7 Å². The van der Waals surface area contributed by atoms with E-state index in [2.05, 4.69) is 21.5 Å². The third-order valence-corrected chi connectivity index (χ3v) is 7.79. The predicted molar refractivity (Wildman–Crippen MR) is 110 cm³/mol. The minimum absolute atomic E-state index is 0. The van der Waals surface area contributed by atoms with E-state index in [1.54, 1.807) is 0 Å². The first-order valence-corrected chi connectivity index (χ1v) is 10.2. The highest BCUT2D eigenvalue weighted by atomic mass is 127. The summed E-state index contributed by atoms with van der Waals surface area (Å²) < 4.78 is 11.9. The van der Waals surface area contributed by atoms with Crippen LogP contribution in [0.1, 0.15) is 25.7 Å². The van der Waals surface area contributed by atoms with Crippen molar-refractivity contribution in [1.82, 2.24) is 10.2 Å². The number of hydrogen-bond donors (Lipinski definition) is 1. The van der Waals surface area contributed by atoms with Crippen molar-refractivity contribution in [2.75, 3.05) is 46.2 Å². The van der Waals surface area contributed by atoms with E-state index in [-0.39, 0.29) is 24.0 Å². The van der Waals surface area contributed by atoms with Gasteiger partial charge in [-0.15, -0.1) is 24.0 Å². The molecule has 0 aromatic rings. The fraction of sp³-hybridized carbons (Fsp3) is 0.941. The lowest BCUT2D eigenvalue weighted by molar-refractivity contribution is 0.0753. The van der Waals surface area contributed by atoms with Crippen LogP contribution in [0.4, 0.5) is 0 Å². The van der Waals surface area contributed by atoms with Crippen molar-refractivity contribution in [2.24, 2.45) is 16.8 Å². The third kappa shape index (κ3) is 3.42. The smallest absolute Gasteiger partial charge is 0.193 e. The minimum Gasteiger partial charge on any atom is -0.381 e. The van der Waals surface area contributed by atoms with Crippen LogP contribution in [0.3, 0.4) is 0 Å². The molecule has 0 aromatic heterocycles. The van der Waals surface area contributed by atoms with Crippen molar-refractivity contribution in [3.05, 3.63) is 0 Å². The Labute approximate surface area is 166 Å². The Hall–Kier alpha value is 0.270. The second kappa shape index (κ2) is 7.88. The molecule has 4 aliphatic heterocycles. The maximum absolute atomic E-state index is 6.09. The molecular weight excluding hydrogens is 437 g/mol. The topological polar surface area (TPSA) is 46.1 Å². The summed E-state index contributed by atoms with van der Waals surface area (Å²) in [6.45, 7) is 4.98. The van der Waals surface area contributed by atoms with Gasteiger partial charge in [0, 0.05) is 56.5 Å². The standard InChI is InChI=1S/C17H29N3O2S.HI/c1-18-16(19-11-17(23-2)5-7-21-8-6-17)20-9-12-13(10-20)15-4-3-14(12)22-15;/h12-15H,3-11H2,1-2H3,(H,18,19);1H. The molecule has 4 atom stereocenters. The molecule has 0 saturated carbocycles. The van der Waals surface area contributed by atoms with E-state index in [0.717, 1.165) is 63.5 Å². The first-order chi connectivity index (χ1) is 11.2. The molecule has 0 aromatic carbocycles. The van der Waals surface area contributed by atoms with Crippen LogP contribution in [0.5, 0.6) is 0 Å². The number of ether oxygens (including phenoxy) is 2. The molecule has 0 spiro atoms. The van der Waals surface area contributed by atoms with E-state index in [1.165, 1.54) is 12.8 Å². The summed E-state index contributed by atoms with van der Waals surface area (Å²) in [6.07, 6.45) is 8.04. The molecule has 5 nitrogen and oxygen atoms in total. The van der Waals surface area contributed by atoms with E-state index in [1.807, 2.05) is 18.8 Å². The zero-order chi connectivity index (χ0) is 15.9. The molecule has 138 valence electrons. The largest absolute Gasteiger partial charge is 0.381 e. The van der Waals surface area contributed by atoms with E-state index in [9.17, 15) is 0 Å². The average molecular weight is 467 g/mol. The first-order valence-electron chi connectivity index (χ1n) is 8.99. The highest BCUT2D eigenvalue weighted by molar-refractivity contribution is 14.0. The van der Waals surface area contributed by atoms with E-state index in [4.69, 9.17) is 9.47 Å². The predicted octanol–water partition coefficient (Wildman–Crippen LogP) is 2.20. The number of guanidine groups is 1. The zero-order valence-corrected chi connectivity index (χ0v) is 17.8. The van der Waals surface area contributed by atoms with Crippen molar-refractivity contribution >= 4 is 41.7 Å². The van der Waals surface area contributed by atoms with Crippen molar-refractivity contribution < 1.29 is 9.47 Å². The van der Waals surface area contributed by atoms with Gasteiger partial charge in [0.2, 0.25) is 0 Å². The molecule has 4 unspecified atom stereocenters. The fourth-order valence-corrected chi connectivity index (χ4v) is 5.69. The Bertz CT molecular complexity index is 455. The molecule has 4 heterocycles. The molecule has 4 aliphatic rings. The third-order valence-electron chi connectivity index (χ3n) is 6.37. The van der Waals surface area contributed by atoms with Gasteiger partial charge in [-0.3, -0.25) is 4.99 Å². The number of fused-ring (bicyclic) bond motifs is 5. The number of likely N-dealkylation sites (tertiary alicyclic amines) is 1. The number of nitrogens with one attached hydrogen (secondary N) is 1. The lowest BCUT2D eigenvalue weighted by Crippen LogP contribution is -2.49. The van der Waals surface area contributed by atoms with Crippen molar-refractivity contribution in [1.29, 1.82) is 0 Å². The molecule has 7 heteroatoms. The molecule has 0 radical (unpaired) electrons. The number of aliphatic imine (C=N–C) groups is 1. The number of hydrogen-bond acceptors (Lipinski definition) is 4. The molecule has 4 saturated heterocycles. The fourth-order valence-electron chi connectivity index (χ4n) is 4.90. The lowest BCUT2D eigenvalue weighted by atomic mass is 9.82. The van der Waals surface area contributed by atoms with E-state index >= 15 is 0 Å². The minimum atomic E-state index is 0. The number of thioether (sulfide) groups is 1. The van der Waals surface area contributed by atoms with Crippen LogP contribution in [-0.2, 0) is 9.47 Å². The molecular formula is C17H30IN3O2S. The number of halogens is 1. The zero-order valence-electron chi connectivity index (χ0n) is 14.7. The highest BCUT2D eigenvalue weighted by Gasteiger charge is 2.53. The van der Waals surface area contributed by atoms with E-state index in [0.29, 0.717) is 17.0 Å². The summed E-state index contributed by atoms with van der Waals surface area (Å²) in [5.41, 5.74) is 0. The maximum atomic E-state index is 6.09. The Kier molecular flexibility index (Phi) is 6.25. The van der Waals surface area contributed by atoms with Crippen LogP contribution < -0.4 is 5.32 Å². The normalized spacial score (nSPS) is 37.2. The van der Waals surface area contributed by atoms with Crippen LogP contribution >= 0.6 is 35.7 Å². The van der Waals surface area contributed by atoms with Gasteiger partial charge >= 0.3 is 0 Å². The van der Waals surface area contributed by atoms with Crippen LogP contribution in [0.15, 0.2) is 4.99 Å². The molecule has 0 aliphatic carbocycles. The average Bonchev–Trinajstić information content (AvgIpc) is 3.29. The van der Waals surface area contributed by atoms with Gasteiger partial charge in [0.05, 0.1) is 12.2 Å². The molecule has 24 heavy (non-hydrogen) atoms. The van der Waals surface area contributed by atoms with Gasteiger partial charge in [0.15, 0.2) is 5.96 Å². The van der Waals surface area contributed by atoms with Gasteiger partial charge in [-0.05, 0) is 31.9 Å². The Morgan fingerprint density at radius 3 is 2.38 bits per heavy atom. The summed E-state index contributed by atoms with van der Waals surface area (Å²) in [5, 5.41) is 3.67. The summed E-state index contributed by atoms with van der Waals surface area (Å²) >= 11 is 1.98. The van der Waals surface area contributed by atoms with Gasteiger partial charge in [0.25, 0.3) is 0 Å². The second-order valence-corrected chi connectivity index (χ2v) is 8.70. The summed E-state index contributed by atoms with van der Waals surface area (Å²) in [4.78, 5) is 7.04. The van der Waals surface area contributed by atoms with Crippen molar-refractivity contribution in [3.8, 4) is 0 Å². The van der Waals surface area contributed by atoms with Crippen LogP contribution in [0, 0.1) is 11.8 Å². The lowest BCUT2D eigenvalue weighted by Gasteiger charge is -2.37. The maximum Gasteiger partial charge on any atom is 0.193 e. The number of nitrogens with zero attached hydrogens (tertiary/aromatic N) is 2. The van der Waals surface area contributed by atoms with Crippen LogP contribution in [0.2, 0.25) is 0 Å². The van der Waals surface area contributed by atoms with Crippen LogP contribution in [-0.4, -0.2) is 74.0 Å². The Balaban J connectivity index is 0.00000169. The van der Waals surface area contributed by atoms with Gasteiger partial charge in [-0.1, -0.05) is 0 Å². The van der Waals surface area contributed by atoms with Gasteiger partial charge in [0.1, 0.15) is 0 Å². The highest BCUT2D eigenvalue weighted by Crippen LogP contribution is 2.47. The molecule has 0 amide bonds. The molecule has 1 N–H and O–H groups in total. The summed E-state index contributed by atoms with van der Waals surface area (Å²) in [6, 6.07) is 0. The Morgan fingerprint density at radius 2 is 1.83 bits per heavy atom. The van der Waals surface area contributed by atoms with Crippen molar-refractivity contribution in [3.63, 3.8) is 0 Å². The first kappa shape index (κ1) is 19.0.